The summed E-state index contributed by atoms with van der Waals surface area (Å²) in [6, 6.07) is 3.94. The first-order valence-electron chi connectivity index (χ1n) is 4.47. The summed E-state index contributed by atoms with van der Waals surface area (Å²) in [6.07, 6.45) is 3.59. The molecule has 0 aliphatic carbocycles. The van der Waals surface area contributed by atoms with Crippen molar-refractivity contribution in [3.05, 3.63) is 30.1 Å². The van der Waals surface area contributed by atoms with Crippen LogP contribution in [0.15, 0.2) is 24.5 Å². The standard InChI is InChI=1S/C10H14N2O/c1-10(2)7-13-9(12-10)8-3-5-11-6-4-8/h3-6,9,12H,7H2,1-2H3. The van der Waals surface area contributed by atoms with Gasteiger partial charge in [-0.1, -0.05) is 0 Å². The number of pyridine rings is 1. The molecule has 1 atom stereocenters. The molecule has 0 spiro atoms. The van der Waals surface area contributed by atoms with Crippen molar-refractivity contribution in [2.75, 3.05) is 6.61 Å². The van der Waals surface area contributed by atoms with Gasteiger partial charge >= 0.3 is 0 Å². The molecule has 1 aliphatic rings. The number of rotatable bonds is 1. The third-order valence-electron chi connectivity index (χ3n) is 2.14. The Morgan fingerprint density at radius 2 is 2.15 bits per heavy atom. The van der Waals surface area contributed by atoms with Crippen molar-refractivity contribution in [1.29, 1.82) is 0 Å². The minimum Gasteiger partial charge on any atom is -0.357 e. The highest BCUT2D eigenvalue weighted by molar-refractivity contribution is 5.14. The summed E-state index contributed by atoms with van der Waals surface area (Å²) in [6.45, 7) is 5.02. The van der Waals surface area contributed by atoms with E-state index in [4.69, 9.17) is 4.74 Å². The van der Waals surface area contributed by atoms with E-state index in [1.165, 1.54) is 0 Å². The van der Waals surface area contributed by atoms with Crippen molar-refractivity contribution in [2.45, 2.75) is 25.6 Å². The SMILES string of the molecule is CC1(C)COC(c2ccncc2)N1. The van der Waals surface area contributed by atoms with E-state index in [-0.39, 0.29) is 11.8 Å². The molecule has 0 saturated carbocycles. The van der Waals surface area contributed by atoms with Gasteiger partial charge in [-0.05, 0) is 31.5 Å². The molecule has 2 heterocycles. The van der Waals surface area contributed by atoms with Gasteiger partial charge in [-0.3, -0.25) is 10.3 Å². The average Bonchev–Trinajstić information content (AvgIpc) is 2.48. The fraction of sp³-hybridized carbons (Fsp3) is 0.500. The zero-order chi connectivity index (χ0) is 9.31. The minimum absolute atomic E-state index is 0.0259. The smallest absolute Gasteiger partial charge is 0.134 e. The van der Waals surface area contributed by atoms with Crippen molar-refractivity contribution >= 4 is 0 Å². The summed E-state index contributed by atoms with van der Waals surface area (Å²) in [5.41, 5.74) is 1.22. The lowest BCUT2D eigenvalue weighted by atomic mass is 10.1. The van der Waals surface area contributed by atoms with Gasteiger partial charge in [0.05, 0.1) is 6.61 Å². The summed E-state index contributed by atoms with van der Waals surface area (Å²) in [5, 5.41) is 3.40. The van der Waals surface area contributed by atoms with Crippen molar-refractivity contribution in [3.63, 3.8) is 0 Å². The largest absolute Gasteiger partial charge is 0.357 e. The number of ether oxygens (including phenoxy) is 1. The second kappa shape index (κ2) is 3.09. The van der Waals surface area contributed by atoms with Crippen LogP contribution in [0.2, 0.25) is 0 Å². The molecule has 1 aromatic rings. The van der Waals surface area contributed by atoms with Crippen LogP contribution in [0, 0.1) is 0 Å². The van der Waals surface area contributed by atoms with Gasteiger partial charge in [0.1, 0.15) is 6.23 Å². The number of nitrogens with zero attached hydrogens (tertiary/aromatic N) is 1. The first-order valence-corrected chi connectivity index (χ1v) is 4.47. The molecule has 1 aliphatic heterocycles. The predicted molar refractivity (Wildman–Crippen MR) is 50.1 cm³/mol. The van der Waals surface area contributed by atoms with Crippen LogP contribution >= 0.6 is 0 Å². The summed E-state index contributed by atoms with van der Waals surface area (Å²) >= 11 is 0. The van der Waals surface area contributed by atoms with E-state index in [1.54, 1.807) is 12.4 Å². The first-order chi connectivity index (χ1) is 6.17. The highest BCUT2D eigenvalue weighted by atomic mass is 16.5. The zero-order valence-electron chi connectivity index (χ0n) is 7.95. The summed E-state index contributed by atoms with van der Waals surface area (Å²) < 4.78 is 5.62. The Kier molecular flexibility index (Phi) is 2.06. The minimum atomic E-state index is 0.0259. The van der Waals surface area contributed by atoms with Gasteiger partial charge < -0.3 is 4.74 Å². The van der Waals surface area contributed by atoms with Crippen LogP contribution in [0.25, 0.3) is 0 Å². The molecule has 2 rings (SSSR count). The molecule has 1 unspecified atom stereocenters. The molecular weight excluding hydrogens is 164 g/mol. The molecule has 3 heteroatoms. The Labute approximate surface area is 78.1 Å². The van der Waals surface area contributed by atoms with Crippen molar-refractivity contribution in [3.8, 4) is 0 Å². The van der Waals surface area contributed by atoms with Crippen molar-refractivity contribution in [2.24, 2.45) is 0 Å². The Morgan fingerprint density at radius 3 is 2.69 bits per heavy atom. The highest BCUT2D eigenvalue weighted by Crippen LogP contribution is 2.24. The average molecular weight is 178 g/mol. The van der Waals surface area contributed by atoms with E-state index >= 15 is 0 Å². The quantitative estimate of drug-likeness (QED) is 0.707. The predicted octanol–water partition coefficient (Wildman–Crippen LogP) is 1.48. The molecule has 1 fully saturated rings. The van der Waals surface area contributed by atoms with E-state index < -0.39 is 0 Å². The second-order valence-corrected chi connectivity index (χ2v) is 4.00. The molecule has 0 bridgehead atoms. The number of hydrogen-bond acceptors (Lipinski definition) is 3. The lowest BCUT2D eigenvalue weighted by Crippen LogP contribution is -2.35. The van der Waals surface area contributed by atoms with Crippen LogP contribution in [0.5, 0.6) is 0 Å². The van der Waals surface area contributed by atoms with Crippen LogP contribution < -0.4 is 5.32 Å². The molecule has 3 nitrogen and oxygen atoms in total. The van der Waals surface area contributed by atoms with E-state index in [0.717, 1.165) is 12.2 Å². The van der Waals surface area contributed by atoms with Crippen molar-refractivity contribution in [1.82, 2.24) is 10.3 Å². The van der Waals surface area contributed by atoms with Gasteiger partial charge in [0.25, 0.3) is 0 Å². The molecule has 70 valence electrons. The van der Waals surface area contributed by atoms with E-state index in [1.807, 2.05) is 12.1 Å². The normalized spacial score (nSPS) is 26.2. The number of aromatic nitrogens is 1. The first kappa shape index (κ1) is 8.66. The van der Waals surface area contributed by atoms with Gasteiger partial charge in [0, 0.05) is 17.9 Å². The lowest BCUT2D eigenvalue weighted by molar-refractivity contribution is 0.0988. The Morgan fingerprint density at radius 1 is 1.46 bits per heavy atom. The molecule has 1 N–H and O–H groups in total. The zero-order valence-corrected chi connectivity index (χ0v) is 7.95. The maximum atomic E-state index is 5.62. The topological polar surface area (TPSA) is 34.1 Å². The molecule has 0 amide bonds. The van der Waals surface area contributed by atoms with E-state index in [0.29, 0.717) is 0 Å². The summed E-state index contributed by atoms with van der Waals surface area (Å²) in [5.74, 6) is 0. The maximum Gasteiger partial charge on any atom is 0.134 e. The second-order valence-electron chi connectivity index (χ2n) is 4.00. The fourth-order valence-electron chi connectivity index (χ4n) is 1.45. The van der Waals surface area contributed by atoms with E-state index in [9.17, 15) is 0 Å². The molecular formula is C10H14N2O. The summed E-state index contributed by atoms with van der Waals surface area (Å²) in [4.78, 5) is 3.97. The third kappa shape index (κ3) is 1.87. The Bertz CT molecular complexity index is 284. The van der Waals surface area contributed by atoms with Crippen LogP contribution in [0.1, 0.15) is 25.6 Å². The van der Waals surface area contributed by atoms with Crippen LogP contribution in [-0.2, 0) is 4.74 Å². The van der Waals surface area contributed by atoms with Gasteiger partial charge in [-0.25, -0.2) is 0 Å². The Hall–Kier alpha value is -0.930. The van der Waals surface area contributed by atoms with Crippen LogP contribution in [0.3, 0.4) is 0 Å². The van der Waals surface area contributed by atoms with Gasteiger partial charge in [-0.2, -0.15) is 0 Å². The molecule has 1 aromatic heterocycles. The van der Waals surface area contributed by atoms with E-state index in [2.05, 4.69) is 24.1 Å². The molecule has 0 radical (unpaired) electrons. The monoisotopic (exact) mass is 178 g/mol. The lowest BCUT2D eigenvalue weighted by Gasteiger charge is -2.16. The fourth-order valence-corrected chi connectivity index (χ4v) is 1.45. The van der Waals surface area contributed by atoms with Gasteiger partial charge in [-0.15, -0.1) is 0 Å². The molecule has 13 heavy (non-hydrogen) atoms. The maximum absolute atomic E-state index is 5.62. The van der Waals surface area contributed by atoms with Gasteiger partial charge in [0.15, 0.2) is 0 Å². The third-order valence-corrected chi connectivity index (χ3v) is 2.14. The highest BCUT2D eigenvalue weighted by Gasteiger charge is 2.31. The number of hydrogen-bond donors (Lipinski definition) is 1. The molecule has 1 saturated heterocycles. The van der Waals surface area contributed by atoms with Crippen LogP contribution in [0.4, 0.5) is 0 Å². The molecule has 0 aromatic carbocycles. The van der Waals surface area contributed by atoms with Gasteiger partial charge in [0.2, 0.25) is 0 Å². The van der Waals surface area contributed by atoms with Crippen molar-refractivity contribution < 1.29 is 4.74 Å². The summed E-state index contributed by atoms with van der Waals surface area (Å²) in [7, 11) is 0. The van der Waals surface area contributed by atoms with Crippen LogP contribution in [-0.4, -0.2) is 17.1 Å². The Balaban J connectivity index is 2.13. The number of nitrogens with one attached hydrogen (secondary N) is 1.